The van der Waals surface area contributed by atoms with Crippen LogP contribution >= 0.6 is 27.3 Å². The smallest absolute Gasteiger partial charge is 0.267 e. The summed E-state index contributed by atoms with van der Waals surface area (Å²) in [6, 6.07) is 10.6. The molecule has 2 aromatic heterocycles. The predicted molar refractivity (Wildman–Crippen MR) is 94.1 cm³/mol. The molecule has 2 heterocycles. The van der Waals surface area contributed by atoms with Crippen LogP contribution in [0, 0.1) is 0 Å². The van der Waals surface area contributed by atoms with E-state index in [1.165, 1.54) is 11.3 Å². The van der Waals surface area contributed by atoms with E-state index in [1.807, 2.05) is 12.1 Å². The Morgan fingerprint density at radius 3 is 2.70 bits per heavy atom. The molecule has 0 aliphatic heterocycles. The number of aromatic amines is 1. The summed E-state index contributed by atoms with van der Waals surface area (Å²) in [4.78, 5) is 25.0. The third-order valence-electron chi connectivity index (χ3n) is 3.17. The van der Waals surface area contributed by atoms with Crippen LogP contribution in [-0.2, 0) is 0 Å². The lowest BCUT2D eigenvalue weighted by Crippen LogP contribution is -2.23. The first kappa shape index (κ1) is 15.6. The van der Waals surface area contributed by atoms with E-state index in [-0.39, 0.29) is 11.3 Å². The molecule has 8 heteroatoms. The van der Waals surface area contributed by atoms with Crippen LogP contribution in [0.1, 0.15) is 22.3 Å². The molecule has 0 saturated carbocycles. The van der Waals surface area contributed by atoms with E-state index in [2.05, 4.69) is 36.7 Å². The number of H-pyrrole nitrogens is 1. The molecule has 0 spiro atoms. The Kier molecular flexibility index (Phi) is 4.35. The molecule has 0 aliphatic rings. The number of hydrazone groups is 1. The van der Waals surface area contributed by atoms with Crippen LogP contribution in [0.25, 0.3) is 10.8 Å². The second-order valence-electron chi connectivity index (χ2n) is 4.69. The number of hydrogen-bond acceptors (Lipinski definition) is 5. The number of nitrogens with one attached hydrogen (secondary N) is 2. The molecule has 0 unspecified atom stereocenters. The van der Waals surface area contributed by atoms with E-state index in [0.717, 1.165) is 8.66 Å². The van der Waals surface area contributed by atoms with Gasteiger partial charge in [-0.05, 0) is 41.1 Å². The van der Waals surface area contributed by atoms with Crippen molar-refractivity contribution in [3.8, 4) is 0 Å². The number of aromatic nitrogens is 2. The molecule has 0 fully saturated rings. The fourth-order valence-corrected chi connectivity index (χ4v) is 3.37. The van der Waals surface area contributed by atoms with Gasteiger partial charge in [-0.3, -0.25) is 9.59 Å². The van der Waals surface area contributed by atoms with Crippen LogP contribution in [0.5, 0.6) is 0 Å². The summed E-state index contributed by atoms with van der Waals surface area (Å²) in [5, 5.41) is 11.2. The van der Waals surface area contributed by atoms with Crippen LogP contribution in [0.2, 0.25) is 0 Å². The van der Waals surface area contributed by atoms with Gasteiger partial charge in [0.05, 0.1) is 19.8 Å². The van der Waals surface area contributed by atoms with E-state index in [4.69, 9.17) is 0 Å². The Morgan fingerprint density at radius 1 is 1.26 bits per heavy atom. The van der Waals surface area contributed by atoms with Crippen molar-refractivity contribution < 1.29 is 4.79 Å². The van der Waals surface area contributed by atoms with E-state index >= 15 is 0 Å². The number of halogens is 1. The molecule has 116 valence electrons. The third-order valence-corrected chi connectivity index (χ3v) is 4.90. The summed E-state index contributed by atoms with van der Waals surface area (Å²) in [5.74, 6) is -0.479. The average molecular weight is 391 g/mol. The van der Waals surface area contributed by atoms with Crippen molar-refractivity contribution in [1.29, 1.82) is 0 Å². The predicted octanol–water partition coefficient (Wildman–Crippen LogP) is 2.90. The number of fused-ring (bicyclic) bond motifs is 1. The first-order valence-electron chi connectivity index (χ1n) is 6.64. The summed E-state index contributed by atoms with van der Waals surface area (Å²) < 4.78 is 0.988. The Balaban J connectivity index is 1.90. The molecule has 1 aromatic carbocycles. The van der Waals surface area contributed by atoms with Gasteiger partial charge in [-0.1, -0.05) is 18.2 Å². The summed E-state index contributed by atoms with van der Waals surface area (Å²) in [7, 11) is 0. The van der Waals surface area contributed by atoms with Gasteiger partial charge < -0.3 is 0 Å². The molecule has 6 nitrogen and oxygen atoms in total. The Hall–Kier alpha value is -2.32. The highest BCUT2D eigenvalue weighted by atomic mass is 79.9. The van der Waals surface area contributed by atoms with Crippen molar-refractivity contribution in [2.24, 2.45) is 5.10 Å². The maximum absolute atomic E-state index is 12.3. The average Bonchev–Trinajstić information content (AvgIpc) is 2.99. The van der Waals surface area contributed by atoms with E-state index in [0.29, 0.717) is 16.5 Å². The van der Waals surface area contributed by atoms with Crippen molar-refractivity contribution in [3.05, 3.63) is 61.1 Å². The summed E-state index contributed by atoms with van der Waals surface area (Å²) >= 11 is 4.90. The monoisotopic (exact) mass is 390 g/mol. The second-order valence-corrected chi connectivity index (χ2v) is 7.15. The number of hydrogen-bond donors (Lipinski definition) is 2. The van der Waals surface area contributed by atoms with Crippen LogP contribution in [-0.4, -0.2) is 21.8 Å². The Morgan fingerprint density at radius 2 is 2.00 bits per heavy atom. The van der Waals surface area contributed by atoms with Crippen molar-refractivity contribution >= 4 is 49.7 Å². The molecule has 0 atom stereocenters. The molecular weight excluding hydrogens is 380 g/mol. The van der Waals surface area contributed by atoms with Gasteiger partial charge in [-0.2, -0.15) is 10.2 Å². The van der Waals surface area contributed by atoms with E-state index in [1.54, 1.807) is 31.2 Å². The summed E-state index contributed by atoms with van der Waals surface area (Å²) in [5.41, 5.74) is 2.95. The van der Waals surface area contributed by atoms with Crippen LogP contribution in [0.3, 0.4) is 0 Å². The number of carbonyl (C=O) groups excluding carboxylic acids is 1. The number of amides is 1. The zero-order chi connectivity index (χ0) is 16.4. The van der Waals surface area contributed by atoms with E-state index in [9.17, 15) is 9.59 Å². The standard InChI is InChI=1S/C15H11BrN4O2S/c1-8(11-6-7-12(16)23-11)17-20-15(22)13-9-4-2-3-5-10(9)14(21)19-18-13/h2-7H,1H3,(H,19,21)(H,20,22)/b17-8-. The van der Waals surface area contributed by atoms with Crippen molar-refractivity contribution in [1.82, 2.24) is 15.6 Å². The van der Waals surface area contributed by atoms with Crippen molar-refractivity contribution in [2.75, 3.05) is 0 Å². The minimum Gasteiger partial charge on any atom is -0.267 e. The molecular formula is C15H11BrN4O2S. The zero-order valence-corrected chi connectivity index (χ0v) is 14.4. The maximum Gasteiger partial charge on any atom is 0.292 e. The first-order valence-corrected chi connectivity index (χ1v) is 8.25. The highest BCUT2D eigenvalue weighted by Gasteiger charge is 2.13. The van der Waals surface area contributed by atoms with Gasteiger partial charge in [0.15, 0.2) is 5.69 Å². The molecule has 1 amide bonds. The van der Waals surface area contributed by atoms with Gasteiger partial charge in [-0.25, -0.2) is 10.5 Å². The number of thiophene rings is 1. The fourth-order valence-electron chi connectivity index (χ4n) is 2.04. The highest BCUT2D eigenvalue weighted by molar-refractivity contribution is 9.11. The first-order chi connectivity index (χ1) is 11.1. The summed E-state index contributed by atoms with van der Waals surface area (Å²) in [6.45, 7) is 1.80. The van der Waals surface area contributed by atoms with Crippen LogP contribution in [0.4, 0.5) is 0 Å². The lowest BCUT2D eigenvalue weighted by Gasteiger charge is -2.04. The lowest BCUT2D eigenvalue weighted by atomic mass is 10.1. The SMILES string of the molecule is C/C(=N/NC(=O)c1n[nH]c(=O)c2ccccc12)c1ccc(Br)s1. The molecule has 0 radical (unpaired) electrons. The van der Waals surface area contributed by atoms with Gasteiger partial charge in [0.2, 0.25) is 0 Å². The molecule has 2 N–H and O–H groups in total. The molecule has 0 bridgehead atoms. The molecule has 3 rings (SSSR count). The van der Waals surface area contributed by atoms with Gasteiger partial charge in [0.25, 0.3) is 11.5 Å². The number of benzene rings is 1. The van der Waals surface area contributed by atoms with Gasteiger partial charge in [-0.15, -0.1) is 11.3 Å². The number of nitrogens with zero attached hydrogens (tertiary/aromatic N) is 2. The minimum atomic E-state index is -0.479. The topological polar surface area (TPSA) is 87.2 Å². The zero-order valence-electron chi connectivity index (χ0n) is 12.0. The normalized spacial score (nSPS) is 11.7. The van der Waals surface area contributed by atoms with Gasteiger partial charge in [0, 0.05) is 5.39 Å². The summed E-state index contributed by atoms with van der Waals surface area (Å²) in [6.07, 6.45) is 0. The van der Waals surface area contributed by atoms with Crippen LogP contribution < -0.4 is 11.0 Å². The van der Waals surface area contributed by atoms with Crippen LogP contribution in [0.15, 0.2) is 50.1 Å². The number of carbonyl (C=O) groups is 1. The maximum atomic E-state index is 12.3. The largest absolute Gasteiger partial charge is 0.292 e. The van der Waals surface area contributed by atoms with Gasteiger partial charge >= 0.3 is 0 Å². The molecule has 23 heavy (non-hydrogen) atoms. The number of rotatable bonds is 3. The highest BCUT2D eigenvalue weighted by Crippen LogP contribution is 2.22. The molecule has 0 aliphatic carbocycles. The van der Waals surface area contributed by atoms with E-state index < -0.39 is 5.91 Å². The minimum absolute atomic E-state index is 0.129. The quantitative estimate of drug-likeness (QED) is 0.532. The van der Waals surface area contributed by atoms with Crippen molar-refractivity contribution in [3.63, 3.8) is 0 Å². The second kappa shape index (κ2) is 6.43. The fraction of sp³-hybridized carbons (Fsp3) is 0.0667. The third kappa shape index (κ3) is 3.22. The van der Waals surface area contributed by atoms with Gasteiger partial charge in [0.1, 0.15) is 0 Å². The Labute approximate surface area is 143 Å². The molecule has 3 aromatic rings. The molecule has 0 saturated heterocycles. The lowest BCUT2D eigenvalue weighted by molar-refractivity contribution is 0.0950. The van der Waals surface area contributed by atoms with Crippen molar-refractivity contribution in [2.45, 2.75) is 6.92 Å². The Bertz CT molecular complexity index is 977.